The van der Waals surface area contributed by atoms with Gasteiger partial charge in [0.25, 0.3) is 5.69 Å². The van der Waals surface area contributed by atoms with E-state index in [9.17, 15) is 19.7 Å². The first-order chi connectivity index (χ1) is 10.5. The molecular weight excluding hydrogens is 296 g/mol. The number of rotatable bonds is 4. The van der Waals surface area contributed by atoms with Crippen LogP contribution in [0.2, 0.25) is 0 Å². The van der Waals surface area contributed by atoms with Crippen LogP contribution in [-0.4, -0.2) is 36.1 Å². The molecule has 0 aliphatic rings. The molecule has 0 aliphatic carbocycles. The van der Waals surface area contributed by atoms with Gasteiger partial charge in [-0.3, -0.25) is 10.1 Å². The van der Waals surface area contributed by atoms with Crippen molar-refractivity contribution in [3.05, 3.63) is 46.0 Å². The Kier molecular flexibility index (Phi) is 4.16. The molecule has 0 unspecified atom stereocenters. The zero-order valence-corrected chi connectivity index (χ0v) is 11.6. The number of carbonyl (C=O) groups is 2. The third-order valence-corrected chi connectivity index (χ3v) is 2.81. The maximum Gasteiger partial charge on any atom is 0.360 e. The van der Waals surface area contributed by atoms with Crippen molar-refractivity contribution in [1.29, 1.82) is 0 Å². The number of methoxy groups -OCH3 is 2. The summed E-state index contributed by atoms with van der Waals surface area (Å²) in [4.78, 5) is 37.3. The van der Waals surface area contributed by atoms with Crippen molar-refractivity contribution >= 4 is 17.6 Å². The second kappa shape index (κ2) is 6.04. The summed E-state index contributed by atoms with van der Waals surface area (Å²) in [6.07, 6.45) is 1.00. The van der Waals surface area contributed by atoms with Crippen LogP contribution >= 0.6 is 0 Å². The summed E-state index contributed by atoms with van der Waals surface area (Å²) in [5.74, 6) is -1.62. The van der Waals surface area contributed by atoms with E-state index >= 15 is 0 Å². The number of esters is 2. The van der Waals surface area contributed by atoms with Crippen LogP contribution in [0, 0.1) is 10.1 Å². The zero-order valence-electron chi connectivity index (χ0n) is 11.6. The SMILES string of the molecule is COC(=O)c1cc([N+](=O)[O-])ccc1-c1ocnc1C(=O)OC. The fraction of sp³-hybridized carbons (Fsp3) is 0.154. The lowest BCUT2D eigenvalue weighted by Gasteiger charge is -2.06. The number of benzene rings is 1. The Morgan fingerprint density at radius 2 is 1.91 bits per heavy atom. The molecule has 0 spiro atoms. The number of carbonyl (C=O) groups excluding carboxylic acids is 2. The van der Waals surface area contributed by atoms with Crippen molar-refractivity contribution in [2.75, 3.05) is 14.2 Å². The molecule has 0 saturated carbocycles. The van der Waals surface area contributed by atoms with Gasteiger partial charge in [-0.2, -0.15) is 0 Å². The van der Waals surface area contributed by atoms with Gasteiger partial charge in [0.1, 0.15) is 0 Å². The van der Waals surface area contributed by atoms with Crippen LogP contribution in [0.4, 0.5) is 5.69 Å². The minimum Gasteiger partial charge on any atom is -0.465 e. The van der Waals surface area contributed by atoms with Crippen molar-refractivity contribution in [3.63, 3.8) is 0 Å². The lowest BCUT2D eigenvalue weighted by molar-refractivity contribution is -0.384. The van der Waals surface area contributed by atoms with Crippen molar-refractivity contribution in [2.45, 2.75) is 0 Å². The van der Waals surface area contributed by atoms with E-state index in [1.807, 2.05) is 0 Å². The van der Waals surface area contributed by atoms with Crippen molar-refractivity contribution < 1.29 is 28.4 Å². The Morgan fingerprint density at radius 3 is 2.50 bits per heavy atom. The molecule has 0 aliphatic heterocycles. The third kappa shape index (κ3) is 2.64. The van der Waals surface area contributed by atoms with Crippen LogP contribution in [0.25, 0.3) is 11.3 Å². The number of hydrogen-bond donors (Lipinski definition) is 0. The normalized spacial score (nSPS) is 10.1. The highest BCUT2D eigenvalue weighted by molar-refractivity contribution is 6.01. The first-order valence-corrected chi connectivity index (χ1v) is 5.88. The molecule has 2 rings (SSSR count). The molecule has 0 radical (unpaired) electrons. The topological polar surface area (TPSA) is 122 Å². The van der Waals surface area contributed by atoms with Crippen LogP contribution in [0.5, 0.6) is 0 Å². The maximum atomic E-state index is 11.8. The first kappa shape index (κ1) is 15.2. The quantitative estimate of drug-likeness (QED) is 0.476. The molecule has 1 aromatic heterocycles. The Bertz CT molecular complexity index is 751. The molecule has 2 aromatic rings. The highest BCUT2D eigenvalue weighted by Gasteiger charge is 2.25. The molecular formula is C13H10N2O7. The minimum absolute atomic E-state index is 0.0397. The van der Waals surface area contributed by atoms with Crippen LogP contribution in [0.1, 0.15) is 20.8 Å². The van der Waals surface area contributed by atoms with E-state index in [1.165, 1.54) is 12.1 Å². The predicted molar refractivity (Wildman–Crippen MR) is 71.3 cm³/mol. The summed E-state index contributed by atoms with van der Waals surface area (Å²) in [5, 5.41) is 10.8. The molecule has 1 aromatic carbocycles. The van der Waals surface area contributed by atoms with Gasteiger partial charge in [-0.1, -0.05) is 0 Å². The standard InChI is InChI=1S/C13H10N2O7/c1-20-12(16)9-5-7(15(18)19)3-4-8(9)11-10(13(17)21-2)14-6-22-11/h3-6H,1-2H3. The second-order valence-corrected chi connectivity index (χ2v) is 4.00. The van der Waals surface area contributed by atoms with Crippen LogP contribution < -0.4 is 0 Å². The number of hydrogen-bond acceptors (Lipinski definition) is 8. The number of aromatic nitrogens is 1. The molecule has 9 nitrogen and oxygen atoms in total. The average Bonchev–Trinajstić information content (AvgIpc) is 3.02. The Hall–Kier alpha value is -3.23. The molecule has 1 heterocycles. The van der Waals surface area contributed by atoms with E-state index in [-0.39, 0.29) is 28.3 Å². The van der Waals surface area contributed by atoms with Crippen molar-refractivity contribution in [3.8, 4) is 11.3 Å². The van der Waals surface area contributed by atoms with Gasteiger partial charge in [0.05, 0.1) is 24.7 Å². The fourth-order valence-corrected chi connectivity index (χ4v) is 1.80. The number of non-ortho nitro benzene ring substituents is 1. The lowest BCUT2D eigenvalue weighted by atomic mass is 10.0. The lowest BCUT2D eigenvalue weighted by Crippen LogP contribution is -2.07. The predicted octanol–water partition coefficient (Wildman–Crippen LogP) is 1.82. The van der Waals surface area contributed by atoms with Gasteiger partial charge < -0.3 is 13.9 Å². The monoisotopic (exact) mass is 306 g/mol. The largest absolute Gasteiger partial charge is 0.465 e. The average molecular weight is 306 g/mol. The highest BCUT2D eigenvalue weighted by atomic mass is 16.6. The van der Waals surface area contributed by atoms with E-state index in [2.05, 4.69) is 14.5 Å². The van der Waals surface area contributed by atoms with E-state index in [4.69, 9.17) is 4.42 Å². The number of ether oxygens (including phenoxy) is 2. The molecule has 0 saturated heterocycles. The summed E-state index contributed by atoms with van der Waals surface area (Å²) < 4.78 is 14.3. The smallest absolute Gasteiger partial charge is 0.360 e. The van der Waals surface area contributed by atoms with Crippen molar-refractivity contribution in [2.24, 2.45) is 0 Å². The van der Waals surface area contributed by atoms with Crippen LogP contribution in [0.15, 0.2) is 29.0 Å². The number of nitrogens with zero attached hydrogens (tertiary/aromatic N) is 2. The molecule has 0 bridgehead atoms. The summed E-state index contributed by atoms with van der Waals surface area (Å²) in [5.41, 5.74) is -0.446. The van der Waals surface area contributed by atoms with Gasteiger partial charge in [0.15, 0.2) is 17.8 Å². The molecule has 0 fully saturated rings. The van der Waals surface area contributed by atoms with Gasteiger partial charge in [-0.25, -0.2) is 14.6 Å². The zero-order chi connectivity index (χ0) is 16.3. The number of nitro benzene ring substituents is 1. The van der Waals surface area contributed by atoms with Crippen LogP contribution in [-0.2, 0) is 9.47 Å². The van der Waals surface area contributed by atoms with E-state index in [0.717, 1.165) is 26.7 Å². The summed E-state index contributed by atoms with van der Waals surface area (Å²) in [6, 6.07) is 3.48. The Balaban J connectivity index is 2.65. The third-order valence-electron chi connectivity index (χ3n) is 2.81. The first-order valence-electron chi connectivity index (χ1n) is 5.88. The minimum atomic E-state index is -0.814. The fourth-order valence-electron chi connectivity index (χ4n) is 1.80. The molecule has 114 valence electrons. The Morgan fingerprint density at radius 1 is 1.23 bits per heavy atom. The van der Waals surface area contributed by atoms with Gasteiger partial charge in [-0.05, 0) is 6.07 Å². The summed E-state index contributed by atoms with van der Waals surface area (Å²) in [7, 11) is 2.30. The molecule has 0 atom stereocenters. The maximum absolute atomic E-state index is 11.8. The van der Waals surface area contributed by atoms with Gasteiger partial charge in [0, 0.05) is 17.7 Å². The van der Waals surface area contributed by atoms with Gasteiger partial charge >= 0.3 is 11.9 Å². The molecule has 0 N–H and O–H groups in total. The van der Waals surface area contributed by atoms with Gasteiger partial charge in [-0.15, -0.1) is 0 Å². The highest BCUT2D eigenvalue weighted by Crippen LogP contribution is 2.30. The number of nitro groups is 1. The second-order valence-electron chi connectivity index (χ2n) is 4.00. The van der Waals surface area contributed by atoms with Crippen LogP contribution in [0.3, 0.4) is 0 Å². The molecule has 0 amide bonds. The van der Waals surface area contributed by atoms with Crippen molar-refractivity contribution in [1.82, 2.24) is 4.98 Å². The molecule has 22 heavy (non-hydrogen) atoms. The van der Waals surface area contributed by atoms with E-state index < -0.39 is 16.9 Å². The van der Waals surface area contributed by atoms with E-state index in [0.29, 0.717) is 0 Å². The number of oxazole rings is 1. The molecule has 9 heteroatoms. The summed E-state index contributed by atoms with van der Waals surface area (Å²) in [6.45, 7) is 0. The van der Waals surface area contributed by atoms with E-state index in [1.54, 1.807) is 0 Å². The Labute approximate surface area is 123 Å². The van der Waals surface area contributed by atoms with Gasteiger partial charge in [0.2, 0.25) is 0 Å². The summed E-state index contributed by atoms with van der Waals surface area (Å²) >= 11 is 0.